The number of halogens is 2. The lowest BCUT2D eigenvalue weighted by molar-refractivity contribution is 0.392. The summed E-state index contributed by atoms with van der Waals surface area (Å²) in [6.07, 6.45) is 0. The lowest BCUT2D eigenvalue weighted by Crippen LogP contribution is -2.38. The molecule has 0 saturated heterocycles. The molecule has 0 radical (unpaired) electrons. The van der Waals surface area contributed by atoms with Gasteiger partial charge < -0.3 is 15.5 Å². The Hall–Kier alpha value is -1.67. The van der Waals surface area contributed by atoms with Crippen LogP contribution >= 0.6 is 24.0 Å². The molecule has 1 unspecified atom stereocenters. The van der Waals surface area contributed by atoms with Gasteiger partial charge in [0.1, 0.15) is 5.82 Å². The average Bonchev–Trinajstić information content (AvgIpc) is 2.62. The van der Waals surface area contributed by atoms with Crippen LogP contribution in [-0.2, 0) is 13.1 Å². The standard InChI is InChI=1S/C21H29FN4.HI/c1-5-23-21(25-16(2)18-9-7-6-8-10-18)24-14-17-11-12-20(22)19(13-17)15-26(3)4;/h6-13,16H,5,14-15H2,1-4H3,(H2,23,24,25);1H. The van der Waals surface area contributed by atoms with Crippen LogP contribution in [0.2, 0.25) is 0 Å². The molecule has 0 aliphatic carbocycles. The molecule has 0 saturated carbocycles. The normalized spacial score (nSPS) is 12.4. The predicted octanol–water partition coefficient (Wildman–Crippen LogP) is 4.32. The Morgan fingerprint density at radius 2 is 1.85 bits per heavy atom. The second-order valence-electron chi connectivity index (χ2n) is 6.64. The zero-order valence-electron chi connectivity index (χ0n) is 16.5. The predicted molar refractivity (Wildman–Crippen MR) is 122 cm³/mol. The number of hydrogen-bond acceptors (Lipinski definition) is 2. The topological polar surface area (TPSA) is 39.7 Å². The molecule has 0 bridgehead atoms. The minimum Gasteiger partial charge on any atom is -0.357 e. The van der Waals surface area contributed by atoms with E-state index in [1.807, 2.05) is 50.2 Å². The number of aliphatic imine (C=N–C) groups is 1. The van der Waals surface area contributed by atoms with Gasteiger partial charge in [-0.2, -0.15) is 0 Å². The summed E-state index contributed by atoms with van der Waals surface area (Å²) in [6.45, 7) is 6.00. The van der Waals surface area contributed by atoms with Crippen LogP contribution in [0.25, 0.3) is 0 Å². The van der Waals surface area contributed by atoms with Gasteiger partial charge in [-0.1, -0.05) is 36.4 Å². The van der Waals surface area contributed by atoms with Crippen molar-refractivity contribution in [3.05, 3.63) is 71.0 Å². The van der Waals surface area contributed by atoms with Crippen molar-refractivity contribution >= 4 is 29.9 Å². The number of benzene rings is 2. The molecule has 0 fully saturated rings. The molecule has 0 amide bonds. The van der Waals surface area contributed by atoms with Crippen molar-refractivity contribution in [3.63, 3.8) is 0 Å². The van der Waals surface area contributed by atoms with E-state index < -0.39 is 0 Å². The third-order valence-corrected chi connectivity index (χ3v) is 4.01. The van der Waals surface area contributed by atoms with Crippen LogP contribution in [0, 0.1) is 5.82 Å². The Labute approximate surface area is 179 Å². The van der Waals surface area contributed by atoms with E-state index in [0.717, 1.165) is 18.1 Å². The third kappa shape index (κ3) is 7.84. The van der Waals surface area contributed by atoms with Crippen LogP contribution in [0.5, 0.6) is 0 Å². The molecule has 4 nitrogen and oxygen atoms in total. The molecule has 2 rings (SSSR count). The van der Waals surface area contributed by atoms with Crippen LogP contribution in [0.4, 0.5) is 4.39 Å². The molecule has 2 aromatic rings. The van der Waals surface area contributed by atoms with Crippen molar-refractivity contribution in [2.75, 3.05) is 20.6 Å². The minimum atomic E-state index is -0.172. The first-order valence-corrected chi connectivity index (χ1v) is 9.01. The van der Waals surface area contributed by atoms with Gasteiger partial charge in [0.15, 0.2) is 5.96 Å². The van der Waals surface area contributed by atoms with Gasteiger partial charge in [0, 0.05) is 18.7 Å². The quantitative estimate of drug-likeness (QED) is 0.350. The van der Waals surface area contributed by atoms with E-state index in [4.69, 9.17) is 0 Å². The van der Waals surface area contributed by atoms with Crippen LogP contribution in [-0.4, -0.2) is 31.5 Å². The van der Waals surface area contributed by atoms with Gasteiger partial charge in [0.05, 0.1) is 12.6 Å². The van der Waals surface area contributed by atoms with Crippen molar-refractivity contribution in [1.82, 2.24) is 15.5 Å². The Morgan fingerprint density at radius 1 is 1.15 bits per heavy atom. The number of guanidine groups is 1. The smallest absolute Gasteiger partial charge is 0.192 e. The molecule has 6 heteroatoms. The molecular formula is C21H30FIN4. The van der Waals surface area contributed by atoms with Crippen molar-refractivity contribution in [1.29, 1.82) is 0 Å². The minimum absolute atomic E-state index is 0. The number of rotatable bonds is 7. The second kappa shape index (κ2) is 11.9. The molecular weight excluding hydrogens is 454 g/mol. The summed E-state index contributed by atoms with van der Waals surface area (Å²) in [5, 5.41) is 6.69. The van der Waals surface area contributed by atoms with Crippen molar-refractivity contribution < 1.29 is 4.39 Å². The molecule has 1 atom stereocenters. The first-order chi connectivity index (χ1) is 12.5. The monoisotopic (exact) mass is 484 g/mol. The zero-order valence-corrected chi connectivity index (χ0v) is 18.8. The summed E-state index contributed by atoms with van der Waals surface area (Å²) < 4.78 is 13.9. The number of nitrogens with one attached hydrogen (secondary N) is 2. The maximum Gasteiger partial charge on any atom is 0.192 e. The highest BCUT2D eigenvalue weighted by Gasteiger charge is 2.08. The van der Waals surface area contributed by atoms with Crippen LogP contribution in [0.1, 0.15) is 36.6 Å². The maximum absolute atomic E-state index is 13.9. The summed E-state index contributed by atoms with van der Waals surface area (Å²) in [5.41, 5.74) is 2.89. The Kier molecular flexibility index (Phi) is 10.3. The fraction of sp³-hybridized carbons (Fsp3) is 0.381. The molecule has 2 N–H and O–H groups in total. The van der Waals surface area contributed by atoms with Crippen LogP contribution < -0.4 is 10.6 Å². The number of nitrogens with zero attached hydrogens (tertiary/aromatic N) is 2. The van der Waals surface area contributed by atoms with Crippen molar-refractivity contribution in [2.24, 2.45) is 4.99 Å². The molecule has 27 heavy (non-hydrogen) atoms. The SMILES string of the molecule is CCNC(=NCc1ccc(F)c(CN(C)C)c1)NC(C)c1ccccc1.I. The van der Waals surface area contributed by atoms with Gasteiger partial charge >= 0.3 is 0 Å². The zero-order chi connectivity index (χ0) is 18.9. The van der Waals surface area contributed by atoms with Crippen LogP contribution in [0.15, 0.2) is 53.5 Å². The average molecular weight is 484 g/mol. The van der Waals surface area contributed by atoms with Crippen LogP contribution in [0.3, 0.4) is 0 Å². The molecule has 0 aliphatic rings. The van der Waals surface area contributed by atoms with Crippen molar-refractivity contribution in [3.8, 4) is 0 Å². The van der Waals surface area contributed by atoms with E-state index >= 15 is 0 Å². The van der Waals surface area contributed by atoms with Gasteiger partial charge in [-0.3, -0.25) is 0 Å². The fourth-order valence-electron chi connectivity index (χ4n) is 2.71. The van der Waals surface area contributed by atoms with E-state index in [1.165, 1.54) is 11.6 Å². The second-order valence-corrected chi connectivity index (χ2v) is 6.64. The number of hydrogen-bond donors (Lipinski definition) is 2. The fourth-order valence-corrected chi connectivity index (χ4v) is 2.71. The summed E-state index contributed by atoms with van der Waals surface area (Å²) in [7, 11) is 3.87. The highest BCUT2D eigenvalue weighted by Crippen LogP contribution is 2.14. The highest BCUT2D eigenvalue weighted by atomic mass is 127. The molecule has 0 aliphatic heterocycles. The van der Waals surface area contributed by atoms with E-state index in [9.17, 15) is 4.39 Å². The van der Waals surface area contributed by atoms with Gasteiger partial charge in [-0.15, -0.1) is 24.0 Å². The lowest BCUT2D eigenvalue weighted by atomic mass is 10.1. The molecule has 0 aromatic heterocycles. The molecule has 148 valence electrons. The van der Waals surface area contributed by atoms with Gasteiger partial charge in [0.25, 0.3) is 0 Å². The van der Waals surface area contributed by atoms with Gasteiger partial charge in [-0.25, -0.2) is 9.38 Å². The summed E-state index contributed by atoms with van der Waals surface area (Å²) in [6, 6.07) is 15.6. The summed E-state index contributed by atoms with van der Waals surface area (Å²) in [4.78, 5) is 6.61. The Bertz CT molecular complexity index is 719. The van der Waals surface area contributed by atoms with E-state index in [-0.39, 0.29) is 35.8 Å². The van der Waals surface area contributed by atoms with E-state index in [0.29, 0.717) is 18.7 Å². The largest absolute Gasteiger partial charge is 0.357 e. The first kappa shape index (κ1) is 23.4. The van der Waals surface area contributed by atoms with E-state index in [1.54, 1.807) is 6.07 Å². The van der Waals surface area contributed by atoms with Gasteiger partial charge in [0.2, 0.25) is 0 Å². The Balaban J connectivity index is 0.00000364. The Morgan fingerprint density at radius 3 is 2.48 bits per heavy atom. The summed E-state index contributed by atoms with van der Waals surface area (Å²) >= 11 is 0. The van der Waals surface area contributed by atoms with Crippen molar-refractivity contribution in [2.45, 2.75) is 33.0 Å². The third-order valence-electron chi connectivity index (χ3n) is 4.01. The lowest BCUT2D eigenvalue weighted by Gasteiger charge is -2.18. The highest BCUT2D eigenvalue weighted by molar-refractivity contribution is 14.0. The maximum atomic E-state index is 13.9. The molecule has 0 heterocycles. The summed E-state index contributed by atoms with van der Waals surface area (Å²) in [5.74, 6) is 0.580. The first-order valence-electron chi connectivity index (χ1n) is 9.01. The molecule has 2 aromatic carbocycles. The molecule has 0 spiro atoms. The van der Waals surface area contributed by atoms with E-state index in [2.05, 4.69) is 34.7 Å². The van der Waals surface area contributed by atoms with Gasteiger partial charge in [-0.05, 0) is 51.2 Å².